The molecule has 2 aliphatic rings. The number of anilines is 1. The van der Waals surface area contributed by atoms with E-state index in [9.17, 15) is 9.59 Å². The fourth-order valence-corrected chi connectivity index (χ4v) is 3.83. The summed E-state index contributed by atoms with van der Waals surface area (Å²) in [5, 5.41) is 1.97. The number of rotatable bonds is 1. The maximum atomic E-state index is 13.0. The summed E-state index contributed by atoms with van der Waals surface area (Å²) < 4.78 is 0. The van der Waals surface area contributed by atoms with Crippen LogP contribution in [0, 0.1) is 0 Å². The number of benzene rings is 3. The Balaban J connectivity index is 1.83. The first-order valence-electron chi connectivity index (χ1n) is 7.77. The number of hydrogen-bond donors (Lipinski definition) is 0. The molecule has 0 unspecified atom stereocenters. The molecule has 0 radical (unpaired) electrons. The molecule has 2 amide bonds. The molecule has 3 nitrogen and oxygen atoms in total. The van der Waals surface area contributed by atoms with Crippen molar-refractivity contribution in [3.8, 4) is 0 Å². The highest BCUT2D eigenvalue weighted by atomic mass is 16.2. The molecular weight excluding hydrogens is 286 g/mol. The van der Waals surface area contributed by atoms with Crippen LogP contribution in [0.3, 0.4) is 0 Å². The van der Waals surface area contributed by atoms with E-state index in [1.807, 2.05) is 42.5 Å². The summed E-state index contributed by atoms with van der Waals surface area (Å²) in [4.78, 5) is 27.2. The van der Waals surface area contributed by atoms with Gasteiger partial charge in [0, 0.05) is 16.5 Å². The number of hydrogen-bond acceptors (Lipinski definition) is 2. The van der Waals surface area contributed by atoms with Gasteiger partial charge in [0.1, 0.15) is 0 Å². The molecule has 1 heterocycles. The Morgan fingerprint density at radius 1 is 0.652 bits per heavy atom. The van der Waals surface area contributed by atoms with Crippen LogP contribution in [0.25, 0.3) is 10.8 Å². The lowest BCUT2D eigenvalue weighted by Gasteiger charge is -2.27. The summed E-state index contributed by atoms with van der Waals surface area (Å²) in [6, 6.07) is 16.9. The van der Waals surface area contributed by atoms with Gasteiger partial charge in [-0.25, -0.2) is 4.90 Å². The average Bonchev–Trinajstić information content (AvgIpc) is 3.01. The number of nitrogens with zero attached hydrogens (tertiary/aromatic N) is 1. The molecule has 3 aromatic carbocycles. The second-order valence-corrected chi connectivity index (χ2v) is 6.08. The largest absolute Gasteiger partial charge is 0.268 e. The van der Waals surface area contributed by atoms with Crippen molar-refractivity contribution in [1.29, 1.82) is 0 Å². The van der Waals surface area contributed by atoms with E-state index in [1.54, 1.807) is 12.1 Å². The van der Waals surface area contributed by atoms with Crippen LogP contribution in [0.15, 0.2) is 54.6 Å². The van der Waals surface area contributed by atoms with Gasteiger partial charge in [-0.2, -0.15) is 0 Å². The van der Waals surface area contributed by atoms with E-state index >= 15 is 0 Å². The van der Waals surface area contributed by atoms with Crippen LogP contribution in [0.2, 0.25) is 0 Å². The second-order valence-electron chi connectivity index (χ2n) is 6.08. The molecule has 0 aromatic heterocycles. The molecule has 5 rings (SSSR count). The SMILES string of the molecule is O=C1c2ccc3c4c(ccc(c24)C(=O)N1c1ccccc1)CC3. The zero-order chi connectivity index (χ0) is 15.6. The molecule has 110 valence electrons. The van der Waals surface area contributed by atoms with Gasteiger partial charge in [-0.15, -0.1) is 0 Å². The Kier molecular flexibility index (Phi) is 2.35. The molecular formula is C20H13NO2. The van der Waals surface area contributed by atoms with Gasteiger partial charge in [0.05, 0.1) is 5.69 Å². The van der Waals surface area contributed by atoms with Crippen molar-refractivity contribution in [1.82, 2.24) is 0 Å². The molecule has 0 saturated carbocycles. The van der Waals surface area contributed by atoms with Gasteiger partial charge in [-0.05, 0) is 53.6 Å². The predicted molar refractivity (Wildman–Crippen MR) is 88.9 cm³/mol. The molecule has 3 aromatic rings. The minimum atomic E-state index is -0.232. The monoisotopic (exact) mass is 299 g/mol. The van der Waals surface area contributed by atoms with Gasteiger partial charge in [-0.3, -0.25) is 9.59 Å². The van der Waals surface area contributed by atoms with Crippen molar-refractivity contribution in [2.75, 3.05) is 4.90 Å². The lowest BCUT2D eigenvalue weighted by molar-refractivity contribution is 0.0893. The Morgan fingerprint density at radius 3 is 1.78 bits per heavy atom. The highest BCUT2D eigenvalue weighted by Gasteiger charge is 2.35. The van der Waals surface area contributed by atoms with Crippen LogP contribution in [0.4, 0.5) is 5.69 Å². The molecule has 1 aliphatic heterocycles. The Bertz CT molecular complexity index is 946. The van der Waals surface area contributed by atoms with E-state index in [1.165, 1.54) is 16.0 Å². The molecule has 23 heavy (non-hydrogen) atoms. The van der Waals surface area contributed by atoms with Crippen molar-refractivity contribution in [2.24, 2.45) is 0 Å². The summed E-state index contributed by atoms with van der Waals surface area (Å²) in [6.07, 6.45) is 1.97. The number of imide groups is 1. The normalized spacial score (nSPS) is 15.6. The van der Waals surface area contributed by atoms with Crippen LogP contribution in [-0.2, 0) is 12.8 Å². The van der Waals surface area contributed by atoms with Gasteiger partial charge < -0.3 is 0 Å². The van der Waals surface area contributed by atoms with Gasteiger partial charge in [0.15, 0.2) is 0 Å². The number of para-hydroxylation sites is 1. The summed E-state index contributed by atoms with van der Waals surface area (Å²) in [5.41, 5.74) is 4.37. The van der Waals surface area contributed by atoms with Crippen molar-refractivity contribution in [2.45, 2.75) is 12.8 Å². The quantitative estimate of drug-likeness (QED) is 0.642. The lowest BCUT2D eigenvalue weighted by atomic mass is 9.91. The molecule has 0 atom stereocenters. The molecule has 3 heteroatoms. The first kappa shape index (κ1) is 12.6. The highest BCUT2D eigenvalue weighted by Crippen LogP contribution is 2.39. The number of carbonyl (C=O) groups is 2. The summed E-state index contributed by atoms with van der Waals surface area (Å²) in [6.45, 7) is 0. The van der Waals surface area contributed by atoms with E-state index in [2.05, 4.69) is 0 Å². The van der Waals surface area contributed by atoms with Crippen LogP contribution < -0.4 is 4.90 Å². The van der Waals surface area contributed by atoms with Crippen LogP contribution in [-0.4, -0.2) is 11.8 Å². The van der Waals surface area contributed by atoms with E-state index in [4.69, 9.17) is 0 Å². The van der Waals surface area contributed by atoms with Crippen LogP contribution in [0.5, 0.6) is 0 Å². The van der Waals surface area contributed by atoms with Crippen LogP contribution >= 0.6 is 0 Å². The van der Waals surface area contributed by atoms with Gasteiger partial charge in [-0.1, -0.05) is 30.3 Å². The van der Waals surface area contributed by atoms with E-state index in [-0.39, 0.29) is 11.8 Å². The minimum Gasteiger partial charge on any atom is -0.268 e. The van der Waals surface area contributed by atoms with Gasteiger partial charge in [0.2, 0.25) is 0 Å². The first-order chi connectivity index (χ1) is 11.3. The van der Waals surface area contributed by atoms with E-state index in [0.29, 0.717) is 16.8 Å². The standard InChI is InChI=1S/C20H13NO2/c22-19-15-10-8-12-6-7-13-9-11-16(18(15)17(12)13)20(23)21(19)14-4-2-1-3-5-14/h1-5,8-11H,6-7H2. The number of aryl methyl sites for hydroxylation is 2. The van der Waals surface area contributed by atoms with Crippen LogP contribution in [0.1, 0.15) is 31.8 Å². The molecule has 0 N–H and O–H groups in total. The van der Waals surface area contributed by atoms with E-state index in [0.717, 1.165) is 23.6 Å². The maximum absolute atomic E-state index is 13.0. The first-order valence-corrected chi connectivity index (χ1v) is 7.77. The summed E-state index contributed by atoms with van der Waals surface area (Å²) >= 11 is 0. The van der Waals surface area contributed by atoms with Gasteiger partial charge in [0.25, 0.3) is 11.8 Å². The summed E-state index contributed by atoms with van der Waals surface area (Å²) in [5.74, 6) is -0.464. The third-order valence-electron chi connectivity index (χ3n) is 4.88. The topological polar surface area (TPSA) is 37.4 Å². The Morgan fingerprint density at radius 2 is 1.22 bits per heavy atom. The number of amides is 2. The number of carbonyl (C=O) groups excluding carboxylic acids is 2. The molecule has 0 spiro atoms. The zero-order valence-electron chi connectivity index (χ0n) is 12.4. The van der Waals surface area contributed by atoms with Crippen molar-refractivity contribution >= 4 is 28.3 Å². The van der Waals surface area contributed by atoms with E-state index < -0.39 is 0 Å². The lowest BCUT2D eigenvalue weighted by Crippen LogP contribution is -2.40. The second kappa shape index (κ2) is 4.29. The van der Waals surface area contributed by atoms with Gasteiger partial charge >= 0.3 is 0 Å². The van der Waals surface area contributed by atoms with Crippen molar-refractivity contribution in [3.63, 3.8) is 0 Å². The van der Waals surface area contributed by atoms with Crippen molar-refractivity contribution < 1.29 is 9.59 Å². The highest BCUT2D eigenvalue weighted by molar-refractivity contribution is 6.36. The molecule has 1 aliphatic carbocycles. The average molecular weight is 299 g/mol. The van der Waals surface area contributed by atoms with Crippen molar-refractivity contribution in [3.05, 3.63) is 76.9 Å². The molecule has 0 saturated heterocycles. The smallest absolute Gasteiger partial charge is 0.265 e. The third-order valence-corrected chi connectivity index (χ3v) is 4.88. The Hall–Kier alpha value is -2.94. The molecule has 0 fully saturated rings. The Labute approximate surface area is 133 Å². The third kappa shape index (κ3) is 1.54. The summed E-state index contributed by atoms with van der Waals surface area (Å²) in [7, 11) is 0. The maximum Gasteiger partial charge on any atom is 0.265 e. The predicted octanol–water partition coefficient (Wildman–Crippen LogP) is 3.74. The minimum absolute atomic E-state index is 0.232. The fourth-order valence-electron chi connectivity index (χ4n) is 3.83. The zero-order valence-corrected chi connectivity index (χ0v) is 12.4. The fraction of sp³-hybridized carbons (Fsp3) is 0.100. The molecule has 0 bridgehead atoms.